The molecule has 2 aromatic rings. The maximum absolute atomic E-state index is 12.5. The second kappa shape index (κ2) is 3.63. The zero-order chi connectivity index (χ0) is 11.9. The summed E-state index contributed by atoms with van der Waals surface area (Å²) in [6, 6.07) is 5.94. The van der Waals surface area contributed by atoms with Gasteiger partial charge in [0.15, 0.2) is 0 Å². The fourth-order valence-electron chi connectivity index (χ4n) is 1.50. The smallest absolute Gasteiger partial charge is 0.243 e. The predicted octanol–water partition coefficient (Wildman–Crippen LogP) is 4.22. The third-order valence-corrected chi connectivity index (χ3v) is 2.59. The highest BCUT2D eigenvalue weighted by atomic mass is 35.5. The molecule has 1 aromatic carbocycles. The molecule has 84 valence electrons. The van der Waals surface area contributed by atoms with Crippen molar-refractivity contribution in [1.82, 2.24) is 4.98 Å². The van der Waals surface area contributed by atoms with E-state index in [0.29, 0.717) is 16.5 Å². The zero-order valence-corrected chi connectivity index (χ0v) is 9.02. The Morgan fingerprint density at radius 1 is 1.25 bits per heavy atom. The minimum absolute atomic E-state index is 0.0704. The van der Waals surface area contributed by atoms with Crippen LogP contribution in [0, 0.1) is 6.92 Å². The Balaban J connectivity index is 2.81. The van der Waals surface area contributed by atoms with Gasteiger partial charge in [0.05, 0.1) is 10.5 Å². The van der Waals surface area contributed by atoms with Gasteiger partial charge in [-0.25, -0.2) is 4.98 Å². The number of hydrogen-bond acceptors (Lipinski definition) is 1. The number of aromatic nitrogens is 1. The molecule has 0 amide bonds. The quantitative estimate of drug-likeness (QED) is 0.677. The molecule has 0 aliphatic heterocycles. The second-order valence-corrected chi connectivity index (χ2v) is 3.87. The average molecular weight is 246 g/mol. The van der Waals surface area contributed by atoms with Crippen LogP contribution >= 0.6 is 11.6 Å². The Morgan fingerprint density at radius 2 is 1.94 bits per heavy atom. The number of benzene rings is 1. The summed E-state index contributed by atoms with van der Waals surface area (Å²) in [6.45, 7) is 1.70. The second-order valence-electron chi connectivity index (χ2n) is 3.46. The molecule has 2 rings (SSSR count). The summed E-state index contributed by atoms with van der Waals surface area (Å²) in [5.74, 6) is 0. The molecule has 0 bridgehead atoms. The fourth-order valence-corrected chi connectivity index (χ4v) is 1.75. The summed E-state index contributed by atoms with van der Waals surface area (Å²) >= 11 is 5.80. The maximum atomic E-state index is 12.5. The average Bonchev–Trinajstić information content (AvgIpc) is 2.18. The van der Waals surface area contributed by atoms with E-state index in [1.165, 1.54) is 0 Å². The van der Waals surface area contributed by atoms with Crippen molar-refractivity contribution in [2.45, 2.75) is 13.1 Å². The number of hydrogen-bond donors (Lipinski definition) is 0. The Kier molecular flexibility index (Phi) is 2.54. The molecule has 0 saturated carbocycles. The standard InChI is InChI=1S/C11H7ClF3N/c1-6-3-2-4-7-8(12)5-9(11(13,14)15)16-10(6)7/h2-5H,1H3. The molecule has 0 N–H and O–H groups in total. The molecule has 0 radical (unpaired) electrons. The van der Waals surface area contributed by atoms with Crippen LogP contribution in [0.5, 0.6) is 0 Å². The van der Waals surface area contributed by atoms with E-state index >= 15 is 0 Å². The number of halogens is 4. The van der Waals surface area contributed by atoms with Crippen molar-refractivity contribution >= 4 is 22.5 Å². The first-order chi connectivity index (χ1) is 7.39. The summed E-state index contributed by atoms with van der Waals surface area (Å²) in [4.78, 5) is 3.60. The van der Waals surface area contributed by atoms with E-state index in [1.54, 1.807) is 25.1 Å². The minimum Gasteiger partial charge on any atom is -0.243 e. The predicted molar refractivity (Wildman–Crippen MR) is 56.5 cm³/mol. The van der Waals surface area contributed by atoms with Crippen molar-refractivity contribution in [3.8, 4) is 0 Å². The van der Waals surface area contributed by atoms with E-state index in [9.17, 15) is 13.2 Å². The summed E-state index contributed by atoms with van der Waals surface area (Å²) in [7, 11) is 0. The Bertz CT molecular complexity index is 549. The number of pyridine rings is 1. The van der Waals surface area contributed by atoms with E-state index in [-0.39, 0.29) is 5.02 Å². The Morgan fingerprint density at radius 3 is 2.56 bits per heavy atom. The van der Waals surface area contributed by atoms with Gasteiger partial charge in [0.25, 0.3) is 0 Å². The van der Waals surface area contributed by atoms with Gasteiger partial charge in [-0.3, -0.25) is 0 Å². The van der Waals surface area contributed by atoms with Crippen LogP contribution < -0.4 is 0 Å². The molecule has 1 aromatic heterocycles. The van der Waals surface area contributed by atoms with Crippen LogP contribution in [0.4, 0.5) is 13.2 Å². The zero-order valence-electron chi connectivity index (χ0n) is 8.27. The number of fused-ring (bicyclic) bond motifs is 1. The van der Waals surface area contributed by atoms with Gasteiger partial charge >= 0.3 is 6.18 Å². The molecule has 5 heteroatoms. The van der Waals surface area contributed by atoms with Gasteiger partial charge in [0.2, 0.25) is 0 Å². The number of rotatable bonds is 0. The third-order valence-electron chi connectivity index (χ3n) is 2.28. The molecule has 0 unspecified atom stereocenters. The monoisotopic (exact) mass is 245 g/mol. The molecule has 0 aliphatic carbocycles. The Labute approximate surface area is 94.9 Å². The van der Waals surface area contributed by atoms with Gasteiger partial charge in [0.1, 0.15) is 5.69 Å². The largest absolute Gasteiger partial charge is 0.433 e. The highest BCUT2D eigenvalue weighted by Gasteiger charge is 2.33. The van der Waals surface area contributed by atoms with E-state index in [1.807, 2.05) is 0 Å². The molecule has 1 nitrogen and oxygen atoms in total. The summed E-state index contributed by atoms with van der Waals surface area (Å²) in [5.41, 5.74) is 0.00660. The molecule has 1 heterocycles. The lowest BCUT2D eigenvalue weighted by Crippen LogP contribution is -2.08. The minimum atomic E-state index is -4.47. The first kappa shape index (κ1) is 11.2. The van der Waals surface area contributed by atoms with Gasteiger partial charge < -0.3 is 0 Å². The normalized spacial score (nSPS) is 12.1. The highest BCUT2D eigenvalue weighted by molar-refractivity contribution is 6.35. The van der Waals surface area contributed by atoms with Crippen molar-refractivity contribution in [2.75, 3.05) is 0 Å². The summed E-state index contributed by atoms with van der Waals surface area (Å²) in [6.07, 6.45) is -4.47. The number of para-hydroxylation sites is 1. The van der Waals surface area contributed by atoms with E-state index in [2.05, 4.69) is 4.98 Å². The van der Waals surface area contributed by atoms with Crippen LogP contribution in [0.25, 0.3) is 10.9 Å². The van der Waals surface area contributed by atoms with E-state index < -0.39 is 11.9 Å². The Hall–Kier alpha value is -1.29. The maximum Gasteiger partial charge on any atom is 0.433 e. The van der Waals surface area contributed by atoms with Gasteiger partial charge in [-0.2, -0.15) is 13.2 Å². The molecule has 0 spiro atoms. The molecule has 16 heavy (non-hydrogen) atoms. The third kappa shape index (κ3) is 1.85. The van der Waals surface area contributed by atoms with Crippen molar-refractivity contribution in [1.29, 1.82) is 0 Å². The summed E-state index contributed by atoms with van der Waals surface area (Å²) in [5, 5.41) is 0.607. The molecule has 0 aliphatic rings. The first-order valence-electron chi connectivity index (χ1n) is 4.52. The first-order valence-corrected chi connectivity index (χ1v) is 4.90. The van der Waals surface area contributed by atoms with Crippen LogP contribution in [0.15, 0.2) is 24.3 Å². The lowest BCUT2D eigenvalue weighted by atomic mass is 10.1. The van der Waals surface area contributed by atoms with Gasteiger partial charge in [-0.15, -0.1) is 0 Å². The molecular formula is C11H7ClF3N. The topological polar surface area (TPSA) is 12.9 Å². The lowest BCUT2D eigenvalue weighted by Gasteiger charge is -2.09. The van der Waals surface area contributed by atoms with Crippen molar-refractivity contribution in [2.24, 2.45) is 0 Å². The SMILES string of the molecule is Cc1cccc2c(Cl)cc(C(F)(F)F)nc12. The van der Waals surface area contributed by atoms with Gasteiger partial charge in [-0.1, -0.05) is 29.8 Å². The van der Waals surface area contributed by atoms with Gasteiger partial charge in [0, 0.05) is 5.39 Å². The van der Waals surface area contributed by atoms with Crippen molar-refractivity contribution < 1.29 is 13.2 Å². The molecule has 0 saturated heterocycles. The fraction of sp³-hybridized carbons (Fsp3) is 0.182. The number of aryl methyl sites for hydroxylation is 1. The van der Waals surface area contributed by atoms with Gasteiger partial charge in [-0.05, 0) is 18.6 Å². The van der Waals surface area contributed by atoms with Crippen LogP contribution in [0.1, 0.15) is 11.3 Å². The molecular weight excluding hydrogens is 239 g/mol. The summed E-state index contributed by atoms with van der Waals surface area (Å²) < 4.78 is 37.5. The van der Waals surface area contributed by atoms with E-state index in [4.69, 9.17) is 11.6 Å². The van der Waals surface area contributed by atoms with Crippen LogP contribution in [0.2, 0.25) is 5.02 Å². The molecule has 0 atom stereocenters. The van der Waals surface area contributed by atoms with Crippen molar-refractivity contribution in [3.63, 3.8) is 0 Å². The number of nitrogens with zero attached hydrogens (tertiary/aromatic N) is 1. The number of alkyl halides is 3. The van der Waals surface area contributed by atoms with Crippen LogP contribution in [0.3, 0.4) is 0 Å². The van der Waals surface area contributed by atoms with Crippen LogP contribution in [-0.4, -0.2) is 4.98 Å². The lowest BCUT2D eigenvalue weighted by molar-refractivity contribution is -0.140. The van der Waals surface area contributed by atoms with Crippen molar-refractivity contribution in [3.05, 3.63) is 40.5 Å². The van der Waals surface area contributed by atoms with Crippen LogP contribution in [-0.2, 0) is 6.18 Å². The van der Waals surface area contributed by atoms with E-state index in [0.717, 1.165) is 6.07 Å². The highest BCUT2D eigenvalue weighted by Crippen LogP contribution is 2.33. The molecule has 0 fully saturated rings.